The number of rotatable bonds is 9. The molecule has 0 amide bonds. The molecule has 0 bridgehead atoms. The van der Waals surface area contributed by atoms with Crippen LogP contribution < -0.4 is 4.57 Å². The molecule has 3 heteroatoms. The summed E-state index contributed by atoms with van der Waals surface area (Å²) < 4.78 is 4.69. The van der Waals surface area contributed by atoms with Gasteiger partial charge in [0.15, 0.2) is 0 Å². The molecule has 4 rings (SSSR count). The van der Waals surface area contributed by atoms with Crippen LogP contribution >= 0.6 is 0 Å². The van der Waals surface area contributed by atoms with E-state index in [1.807, 2.05) is 0 Å². The molecule has 188 valence electrons. The Morgan fingerprint density at radius 3 is 1.97 bits per heavy atom. The number of hydrogen-bond donors (Lipinski definition) is 0. The van der Waals surface area contributed by atoms with Gasteiger partial charge in [0, 0.05) is 11.5 Å². The van der Waals surface area contributed by atoms with Crippen LogP contribution in [0.3, 0.4) is 0 Å². The minimum absolute atomic E-state index is 0.498. The van der Waals surface area contributed by atoms with E-state index in [1.54, 1.807) is 0 Å². The topological polar surface area (TPSA) is 21.7 Å². The van der Waals surface area contributed by atoms with E-state index in [-0.39, 0.29) is 0 Å². The quantitative estimate of drug-likeness (QED) is 0.223. The zero-order valence-corrected chi connectivity index (χ0v) is 23.2. The van der Waals surface area contributed by atoms with Crippen molar-refractivity contribution in [2.45, 2.75) is 86.2 Å². The lowest BCUT2D eigenvalue weighted by Gasteiger charge is -2.20. The number of hydrogen-bond acceptors (Lipinski definition) is 1. The van der Waals surface area contributed by atoms with Crippen LogP contribution in [0.4, 0.5) is 0 Å². The molecule has 3 nitrogen and oxygen atoms in total. The third-order valence-electron chi connectivity index (χ3n) is 7.37. The van der Waals surface area contributed by atoms with Crippen molar-refractivity contribution in [1.82, 2.24) is 9.78 Å². The average Bonchev–Trinajstić information content (AvgIpc) is 3.25. The smallest absolute Gasteiger partial charge is 0.223 e. The highest BCUT2D eigenvalue weighted by molar-refractivity contribution is 5.62. The van der Waals surface area contributed by atoms with Gasteiger partial charge in [0.2, 0.25) is 0 Å². The third kappa shape index (κ3) is 5.02. The summed E-state index contributed by atoms with van der Waals surface area (Å²) in [4.78, 5) is 0. The standard InChI is InChI=1S/C33H42N3/c1-8-26-16-11-13-18-30(26)33-35(32(34-36(33)9-2)29-17-12-10-15-25(29)7)22-21-31-27(23(3)4)19-14-20-28(31)24(5)6/h10-20,23-24H,8-9,21-22H2,1-7H3/q+1. The summed E-state index contributed by atoms with van der Waals surface area (Å²) in [6.07, 6.45) is 1.99. The molecule has 0 N–H and O–H groups in total. The van der Waals surface area contributed by atoms with Gasteiger partial charge in [-0.3, -0.25) is 0 Å². The highest BCUT2D eigenvalue weighted by atomic mass is 15.4. The van der Waals surface area contributed by atoms with E-state index in [2.05, 4.69) is 124 Å². The predicted molar refractivity (Wildman–Crippen MR) is 151 cm³/mol. The number of aryl methyl sites for hydroxylation is 3. The maximum atomic E-state index is 5.22. The summed E-state index contributed by atoms with van der Waals surface area (Å²) >= 11 is 0. The fraction of sp³-hybridized carbons (Fsp3) is 0.394. The number of benzene rings is 3. The van der Waals surface area contributed by atoms with E-state index >= 15 is 0 Å². The van der Waals surface area contributed by atoms with Crippen LogP contribution in [-0.2, 0) is 25.9 Å². The molecule has 0 spiro atoms. The molecule has 3 aromatic carbocycles. The Balaban J connectivity index is 1.93. The van der Waals surface area contributed by atoms with Gasteiger partial charge >= 0.3 is 5.82 Å². The molecule has 0 saturated carbocycles. The van der Waals surface area contributed by atoms with Crippen molar-refractivity contribution in [2.75, 3.05) is 0 Å². The van der Waals surface area contributed by atoms with E-state index in [1.165, 1.54) is 44.8 Å². The zero-order chi connectivity index (χ0) is 25.8. The molecule has 0 fully saturated rings. The molecule has 1 heterocycles. The van der Waals surface area contributed by atoms with Gasteiger partial charge < -0.3 is 0 Å². The van der Waals surface area contributed by atoms with Gasteiger partial charge in [-0.05, 0) is 72.1 Å². The predicted octanol–water partition coefficient (Wildman–Crippen LogP) is 7.88. The van der Waals surface area contributed by atoms with Crippen molar-refractivity contribution in [3.63, 3.8) is 0 Å². The first-order chi connectivity index (χ1) is 17.4. The van der Waals surface area contributed by atoms with Crippen molar-refractivity contribution in [2.24, 2.45) is 0 Å². The molecule has 1 aromatic heterocycles. The monoisotopic (exact) mass is 480 g/mol. The van der Waals surface area contributed by atoms with Gasteiger partial charge in [0.1, 0.15) is 6.54 Å². The van der Waals surface area contributed by atoms with Crippen molar-refractivity contribution >= 4 is 0 Å². The Morgan fingerprint density at radius 2 is 1.39 bits per heavy atom. The second-order valence-corrected chi connectivity index (χ2v) is 10.4. The molecule has 0 radical (unpaired) electrons. The minimum atomic E-state index is 0.498. The molecule has 0 unspecified atom stereocenters. The van der Waals surface area contributed by atoms with E-state index in [4.69, 9.17) is 5.10 Å². The minimum Gasteiger partial charge on any atom is -0.223 e. The molecule has 36 heavy (non-hydrogen) atoms. The fourth-order valence-electron chi connectivity index (χ4n) is 5.46. The lowest BCUT2D eigenvalue weighted by molar-refractivity contribution is -0.675. The summed E-state index contributed by atoms with van der Waals surface area (Å²) in [5, 5.41) is 5.22. The van der Waals surface area contributed by atoms with Gasteiger partial charge in [0.25, 0.3) is 5.82 Å². The molecule has 0 aliphatic heterocycles. The van der Waals surface area contributed by atoms with E-state index in [0.717, 1.165) is 31.8 Å². The van der Waals surface area contributed by atoms with Crippen LogP contribution in [0, 0.1) is 6.92 Å². The van der Waals surface area contributed by atoms with Gasteiger partial charge in [-0.1, -0.05) is 89.2 Å². The van der Waals surface area contributed by atoms with Gasteiger partial charge in [-0.15, -0.1) is 4.68 Å². The molecular weight excluding hydrogens is 438 g/mol. The van der Waals surface area contributed by atoms with Crippen LogP contribution in [-0.4, -0.2) is 9.78 Å². The molecule has 0 aliphatic carbocycles. The Kier molecular flexibility index (Phi) is 8.08. The highest BCUT2D eigenvalue weighted by Gasteiger charge is 2.30. The maximum absolute atomic E-state index is 5.22. The van der Waals surface area contributed by atoms with Crippen molar-refractivity contribution in [3.05, 3.63) is 94.5 Å². The number of nitrogens with zero attached hydrogens (tertiary/aromatic N) is 3. The molecule has 0 aliphatic rings. The van der Waals surface area contributed by atoms with Gasteiger partial charge in [-0.2, -0.15) is 0 Å². The molecular formula is C33H42N3+. The van der Waals surface area contributed by atoms with Crippen LogP contribution in [0.25, 0.3) is 22.8 Å². The lowest BCUT2D eigenvalue weighted by Crippen LogP contribution is -2.39. The molecule has 4 aromatic rings. The summed E-state index contributed by atoms with van der Waals surface area (Å²) in [5.41, 5.74) is 9.56. The van der Waals surface area contributed by atoms with Crippen LogP contribution in [0.5, 0.6) is 0 Å². The second kappa shape index (κ2) is 11.2. The largest absolute Gasteiger partial charge is 0.309 e. The zero-order valence-electron chi connectivity index (χ0n) is 23.2. The van der Waals surface area contributed by atoms with Gasteiger partial charge in [-0.25, -0.2) is 4.57 Å². The highest BCUT2D eigenvalue weighted by Crippen LogP contribution is 2.30. The third-order valence-corrected chi connectivity index (χ3v) is 7.37. The second-order valence-electron chi connectivity index (χ2n) is 10.4. The summed E-state index contributed by atoms with van der Waals surface area (Å²) in [7, 11) is 0. The van der Waals surface area contributed by atoms with Crippen molar-refractivity contribution in [1.29, 1.82) is 0 Å². The lowest BCUT2D eigenvalue weighted by atomic mass is 9.87. The van der Waals surface area contributed by atoms with Crippen LogP contribution in [0.1, 0.15) is 81.2 Å². The Hall–Kier alpha value is -3.20. The van der Waals surface area contributed by atoms with E-state index in [9.17, 15) is 0 Å². The van der Waals surface area contributed by atoms with E-state index in [0.29, 0.717) is 11.8 Å². The fourth-order valence-corrected chi connectivity index (χ4v) is 5.46. The Morgan fingerprint density at radius 1 is 0.778 bits per heavy atom. The summed E-state index contributed by atoms with van der Waals surface area (Å²) in [5.74, 6) is 3.27. The Labute approximate surface area is 217 Å². The van der Waals surface area contributed by atoms with Crippen LogP contribution in [0.2, 0.25) is 0 Å². The maximum Gasteiger partial charge on any atom is 0.309 e. The molecule has 0 atom stereocenters. The SMILES string of the molecule is CCc1ccccc1-c1n(CC)nc(-c2ccccc2C)[n+]1CCc1c(C(C)C)cccc1C(C)C. The van der Waals surface area contributed by atoms with Crippen LogP contribution in [0.15, 0.2) is 66.7 Å². The Bertz CT molecular complexity index is 1300. The normalized spacial score (nSPS) is 11.6. The molecule has 0 saturated heterocycles. The average molecular weight is 481 g/mol. The van der Waals surface area contributed by atoms with Crippen molar-refractivity contribution in [3.8, 4) is 22.8 Å². The summed E-state index contributed by atoms with van der Waals surface area (Å²) in [6.45, 7) is 17.6. The van der Waals surface area contributed by atoms with Gasteiger partial charge in [0.05, 0.1) is 17.7 Å². The first kappa shape index (κ1) is 25.9. The van der Waals surface area contributed by atoms with E-state index < -0.39 is 0 Å². The first-order valence-electron chi connectivity index (χ1n) is 13.6. The van der Waals surface area contributed by atoms with Crippen molar-refractivity contribution < 1.29 is 4.57 Å². The first-order valence-corrected chi connectivity index (χ1v) is 13.6. The summed E-state index contributed by atoms with van der Waals surface area (Å²) in [6, 6.07) is 24.3. The number of aromatic nitrogens is 3.